The Labute approximate surface area is 87.9 Å². The van der Waals surface area contributed by atoms with Gasteiger partial charge in [0.15, 0.2) is 4.77 Å². The molecule has 0 atom stereocenters. The number of rotatable bonds is 3. The van der Waals surface area contributed by atoms with Crippen LogP contribution in [0.2, 0.25) is 0 Å². The molecule has 0 amide bonds. The zero-order valence-electron chi connectivity index (χ0n) is 7.86. The highest BCUT2D eigenvalue weighted by atomic mass is 32.1. The summed E-state index contributed by atoms with van der Waals surface area (Å²) in [5.74, 6) is 0. The van der Waals surface area contributed by atoms with Crippen molar-refractivity contribution in [1.29, 1.82) is 0 Å². The van der Waals surface area contributed by atoms with Gasteiger partial charge in [0.1, 0.15) is 0 Å². The Morgan fingerprint density at radius 2 is 2.21 bits per heavy atom. The molecule has 1 aromatic heterocycles. The second kappa shape index (κ2) is 3.80. The molecule has 0 aliphatic rings. The van der Waals surface area contributed by atoms with Crippen LogP contribution in [0.1, 0.15) is 6.42 Å². The fourth-order valence-corrected chi connectivity index (χ4v) is 1.85. The van der Waals surface area contributed by atoms with Crippen LogP contribution in [-0.4, -0.2) is 9.55 Å². The Bertz CT molecular complexity index is 507. The van der Waals surface area contributed by atoms with Gasteiger partial charge in [-0.05, 0) is 30.8 Å². The third-order valence-electron chi connectivity index (χ3n) is 2.24. The molecule has 0 unspecified atom stereocenters. The second-order valence-electron chi connectivity index (χ2n) is 3.18. The molecule has 0 fully saturated rings. The van der Waals surface area contributed by atoms with E-state index < -0.39 is 0 Å². The standard InChI is InChI=1S/C11H12N2S/c1-2-3-8-13-10-7-5-4-6-9(10)12-11(13)14/h2,4-7H,1,3,8H2,(H,12,14). The lowest BCUT2D eigenvalue weighted by Gasteiger charge is -2.00. The summed E-state index contributed by atoms with van der Waals surface area (Å²) in [6, 6.07) is 8.14. The number of H-pyrrole nitrogens is 1. The summed E-state index contributed by atoms with van der Waals surface area (Å²) >= 11 is 5.24. The first-order valence-electron chi connectivity index (χ1n) is 4.61. The molecule has 0 aliphatic heterocycles. The first-order valence-corrected chi connectivity index (χ1v) is 5.02. The van der Waals surface area contributed by atoms with E-state index in [0.29, 0.717) is 0 Å². The molecule has 0 bridgehead atoms. The number of imidazole rings is 1. The van der Waals surface area contributed by atoms with Gasteiger partial charge in [0, 0.05) is 6.54 Å². The lowest BCUT2D eigenvalue weighted by molar-refractivity contribution is 0.721. The summed E-state index contributed by atoms with van der Waals surface area (Å²) in [6.07, 6.45) is 2.85. The molecule has 2 aromatic rings. The van der Waals surface area contributed by atoms with Gasteiger partial charge < -0.3 is 9.55 Å². The zero-order valence-corrected chi connectivity index (χ0v) is 8.68. The van der Waals surface area contributed by atoms with Crippen molar-refractivity contribution < 1.29 is 0 Å². The quantitative estimate of drug-likeness (QED) is 0.601. The van der Waals surface area contributed by atoms with Crippen molar-refractivity contribution in [3.05, 3.63) is 41.7 Å². The van der Waals surface area contributed by atoms with Crippen LogP contribution >= 0.6 is 12.2 Å². The summed E-state index contributed by atoms with van der Waals surface area (Å²) in [5.41, 5.74) is 2.26. The van der Waals surface area contributed by atoms with E-state index in [1.807, 2.05) is 24.3 Å². The predicted molar refractivity (Wildman–Crippen MR) is 61.9 cm³/mol. The Morgan fingerprint density at radius 1 is 1.43 bits per heavy atom. The van der Waals surface area contributed by atoms with Gasteiger partial charge in [-0.3, -0.25) is 0 Å². The van der Waals surface area contributed by atoms with E-state index in [2.05, 4.69) is 22.2 Å². The van der Waals surface area contributed by atoms with Gasteiger partial charge >= 0.3 is 0 Å². The van der Waals surface area contributed by atoms with E-state index in [1.54, 1.807) is 0 Å². The molecule has 0 saturated carbocycles. The lowest BCUT2D eigenvalue weighted by Crippen LogP contribution is -1.95. The van der Waals surface area contributed by atoms with E-state index in [1.165, 1.54) is 5.52 Å². The van der Waals surface area contributed by atoms with Crippen molar-refractivity contribution in [2.75, 3.05) is 0 Å². The molecular formula is C11H12N2S. The average Bonchev–Trinajstić information content (AvgIpc) is 2.51. The number of aromatic nitrogens is 2. The van der Waals surface area contributed by atoms with Crippen molar-refractivity contribution in [2.24, 2.45) is 0 Å². The van der Waals surface area contributed by atoms with E-state index in [9.17, 15) is 0 Å². The van der Waals surface area contributed by atoms with Gasteiger partial charge in [-0.2, -0.15) is 0 Å². The fourth-order valence-electron chi connectivity index (χ4n) is 1.55. The summed E-state index contributed by atoms with van der Waals surface area (Å²) < 4.78 is 2.89. The number of hydrogen-bond donors (Lipinski definition) is 1. The van der Waals surface area contributed by atoms with Crippen LogP contribution in [0.3, 0.4) is 0 Å². The first kappa shape index (κ1) is 9.21. The van der Waals surface area contributed by atoms with Crippen LogP contribution in [0.15, 0.2) is 36.9 Å². The van der Waals surface area contributed by atoms with Crippen LogP contribution in [-0.2, 0) is 6.54 Å². The molecule has 0 radical (unpaired) electrons. The number of aryl methyl sites for hydroxylation is 1. The minimum absolute atomic E-state index is 0.785. The van der Waals surface area contributed by atoms with Gasteiger partial charge in [0.25, 0.3) is 0 Å². The monoisotopic (exact) mass is 204 g/mol. The normalized spacial score (nSPS) is 10.6. The number of fused-ring (bicyclic) bond motifs is 1. The van der Waals surface area contributed by atoms with E-state index in [4.69, 9.17) is 12.2 Å². The number of benzene rings is 1. The second-order valence-corrected chi connectivity index (χ2v) is 3.56. The van der Waals surface area contributed by atoms with Gasteiger partial charge in [0.05, 0.1) is 11.0 Å². The molecule has 1 N–H and O–H groups in total. The molecule has 0 spiro atoms. The maximum absolute atomic E-state index is 5.24. The lowest BCUT2D eigenvalue weighted by atomic mass is 10.3. The van der Waals surface area contributed by atoms with Crippen molar-refractivity contribution in [3.63, 3.8) is 0 Å². The highest BCUT2D eigenvalue weighted by molar-refractivity contribution is 7.71. The molecule has 1 heterocycles. The number of nitrogens with one attached hydrogen (secondary N) is 1. The number of aromatic amines is 1. The van der Waals surface area contributed by atoms with Gasteiger partial charge in [-0.25, -0.2) is 0 Å². The summed E-state index contributed by atoms with van der Waals surface area (Å²) in [5, 5.41) is 0. The zero-order chi connectivity index (χ0) is 9.97. The molecular weight excluding hydrogens is 192 g/mol. The smallest absolute Gasteiger partial charge is 0.178 e. The predicted octanol–water partition coefficient (Wildman–Crippen LogP) is 3.27. The largest absolute Gasteiger partial charge is 0.331 e. The molecule has 72 valence electrons. The average molecular weight is 204 g/mol. The molecule has 2 rings (SSSR count). The molecule has 3 heteroatoms. The van der Waals surface area contributed by atoms with Crippen molar-refractivity contribution >= 4 is 23.3 Å². The Morgan fingerprint density at radius 3 is 3.00 bits per heavy atom. The van der Waals surface area contributed by atoms with Gasteiger partial charge in [-0.1, -0.05) is 18.2 Å². The number of para-hydroxylation sites is 2. The molecule has 2 nitrogen and oxygen atoms in total. The van der Waals surface area contributed by atoms with Crippen LogP contribution in [0.25, 0.3) is 11.0 Å². The van der Waals surface area contributed by atoms with E-state index >= 15 is 0 Å². The first-order chi connectivity index (χ1) is 6.83. The highest BCUT2D eigenvalue weighted by Crippen LogP contribution is 2.13. The number of nitrogens with zero attached hydrogens (tertiary/aromatic N) is 1. The minimum Gasteiger partial charge on any atom is -0.331 e. The topological polar surface area (TPSA) is 20.7 Å². The Hall–Kier alpha value is -1.35. The van der Waals surface area contributed by atoms with E-state index in [0.717, 1.165) is 23.3 Å². The SMILES string of the molecule is C=CCCn1c(=S)[nH]c2ccccc21. The Kier molecular flexibility index (Phi) is 2.50. The highest BCUT2D eigenvalue weighted by Gasteiger charge is 2.01. The van der Waals surface area contributed by atoms with Crippen LogP contribution in [0.4, 0.5) is 0 Å². The van der Waals surface area contributed by atoms with E-state index in [-0.39, 0.29) is 0 Å². The fraction of sp³-hybridized carbons (Fsp3) is 0.182. The molecule has 1 aromatic carbocycles. The van der Waals surface area contributed by atoms with Crippen molar-refractivity contribution in [2.45, 2.75) is 13.0 Å². The third-order valence-corrected chi connectivity index (χ3v) is 2.56. The van der Waals surface area contributed by atoms with Gasteiger partial charge in [0.2, 0.25) is 0 Å². The van der Waals surface area contributed by atoms with Crippen LogP contribution in [0, 0.1) is 4.77 Å². The summed E-state index contributed by atoms with van der Waals surface area (Å²) in [6.45, 7) is 4.61. The van der Waals surface area contributed by atoms with Crippen LogP contribution in [0.5, 0.6) is 0 Å². The molecule has 0 aliphatic carbocycles. The van der Waals surface area contributed by atoms with Crippen LogP contribution < -0.4 is 0 Å². The molecule has 0 saturated heterocycles. The number of hydrogen-bond acceptors (Lipinski definition) is 1. The maximum atomic E-state index is 5.24. The third kappa shape index (κ3) is 1.51. The summed E-state index contributed by atoms with van der Waals surface area (Å²) in [4.78, 5) is 3.18. The Balaban J connectivity index is 2.56. The maximum Gasteiger partial charge on any atom is 0.178 e. The van der Waals surface area contributed by atoms with Crippen molar-refractivity contribution in [3.8, 4) is 0 Å². The minimum atomic E-state index is 0.785. The van der Waals surface area contributed by atoms with Crippen molar-refractivity contribution in [1.82, 2.24) is 9.55 Å². The van der Waals surface area contributed by atoms with Gasteiger partial charge in [-0.15, -0.1) is 6.58 Å². The number of allylic oxidation sites excluding steroid dienone is 1. The molecule has 14 heavy (non-hydrogen) atoms. The summed E-state index contributed by atoms with van der Waals surface area (Å²) in [7, 11) is 0.